The molecule has 1 fully saturated rings. The van der Waals surface area contributed by atoms with Crippen LogP contribution in [0.5, 0.6) is 0 Å². The van der Waals surface area contributed by atoms with Gasteiger partial charge in [0.1, 0.15) is 0 Å². The van der Waals surface area contributed by atoms with Crippen molar-refractivity contribution in [3.63, 3.8) is 0 Å². The predicted molar refractivity (Wildman–Crippen MR) is 112 cm³/mol. The zero-order chi connectivity index (χ0) is 20.1. The Labute approximate surface area is 169 Å². The molecule has 0 radical (unpaired) electrons. The van der Waals surface area contributed by atoms with Crippen LogP contribution in [0.25, 0.3) is 10.9 Å². The number of pyridine rings is 1. The van der Waals surface area contributed by atoms with Crippen LogP contribution in [0.1, 0.15) is 28.8 Å². The van der Waals surface area contributed by atoms with Crippen molar-refractivity contribution in [3.8, 4) is 0 Å². The van der Waals surface area contributed by atoms with Gasteiger partial charge in [-0.3, -0.25) is 14.6 Å². The van der Waals surface area contributed by atoms with Gasteiger partial charge in [-0.05, 0) is 36.6 Å². The molecule has 3 aromatic rings. The summed E-state index contributed by atoms with van der Waals surface area (Å²) in [5.74, 6) is -0.411. The lowest BCUT2D eigenvalue weighted by Crippen LogP contribution is -2.32. The Morgan fingerprint density at radius 1 is 1.07 bits per heavy atom. The fraction of sp³-hybridized carbons (Fsp3) is 0.261. The second-order valence-electron chi connectivity index (χ2n) is 7.11. The molecule has 1 aliphatic heterocycles. The van der Waals surface area contributed by atoms with E-state index < -0.39 is 0 Å². The number of aromatic nitrogens is 1. The van der Waals surface area contributed by atoms with E-state index in [9.17, 15) is 9.59 Å². The average molecular weight is 389 g/mol. The van der Waals surface area contributed by atoms with E-state index in [1.807, 2.05) is 30.3 Å². The lowest BCUT2D eigenvalue weighted by Gasteiger charge is -2.14. The lowest BCUT2D eigenvalue weighted by atomic mass is 10.1. The van der Waals surface area contributed by atoms with Gasteiger partial charge in [0.2, 0.25) is 5.91 Å². The average Bonchev–Trinajstić information content (AvgIpc) is 3.26. The Morgan fingerprint density at radius 2 is 1.93 bits per heavy atom. The molecular formula is C23H23N3O3. The first kappa shape index (κ1) is 19.1. The number of rotatable bonds is 6. The fourth-order valence-electron chi connectivity index (χ4n) is 3.57. The molecule has 0 bridgehead atoms. The molecule has 2 amide bonds. The largest absolute Gasteiger partial charge is 0.376 e. The molecule has 2 aromatic carbocycles. The number of benzene rings is 2. The normalized spacial score (nSPS) is 15.9. The molecule has 1 unspecified atom stereocenters. The molecule has 29 heavy (non-hydrogen) atoms. The van der Waals surface area contributed by atoms with Gasteiger partial charge in [0.25, 0.3) is 5.91 Å². The van der Waals surface area contributed by atoms with E-state index in [-0.39, 0.29) is 24.3 Å². The van der Waals surface area contributed by atoms with Gasteiger partial charge in [-0.1, -0.05) is 36.4 Å². The molecule has 0 saturated carbocycles. The quantitative estimate of drug-likeness (QED) is 0.678. The molecule has 2 N–H and O–H groups in total. The Kier molecular flexibility index (Phi) is 5.81. The molecule has 1 atom stereocenters. The van der Waals surface area contributed by atoms with Crippen LogP contribution in [0, 0.1) is 0 Å². The van der Waals surface area contributed by atoms with E-state index in [1.165, 1.54) is 0 Å². The van der Waals surface area contributed by atoms with E-state index in [0.717, 1.165) is 35.9 Å². The van der Waals surface area contributed by atoms with E-state index in [1.54, 1.807) is 30.5 Å². The summed E-state index contributed by atoms with van der Waals surface area (Å²) in [4.78, 5) is 29.7. The first-order chi connectivity index (χ1) is 14.2. The predicted octanol–water partition coefficient (Wildman–Crippen LogP) is 3.32. The maximum Gasteiger partial charge on any atom is 0.253 e. The molecule has 6 heteroatoms. The molecule has 1 saturated heterocycles. The van der Waals surface area contributed by atoms with Gasteiger partial charge in [0, 0.05) is 24.7 Å². The summed E-state index contributed by atoms with van der Waals surface area (Å²) >= 11 is 0. The minimum atomic E-state index is -0.219. The highest BCUT2D eigenvalue weighted by molar-refractivity contribution is 6.04. The number of carbonyl (C=O) groups is 2. The van der Waals surface area contributed by atoms with Crippen LogP contribution >= 0.6 is 0 Å². The van der Waals surface area contributed by atoms with Crippen molar-refractivity contribution in [2.24, 2.45) is 0 Å². The molecule has 6 nitrogen and oxygen atoms in total. The third kappa shape index (κ3) is 4.60. The number of nitrogens with one attached hydrogen (secondary N) is 2. The van der Waals surface area contributed by atoms with Crippen LogP contribution in [0.4, 0.5) is 5.69 Å². The molecule has 1 aromatic heterocycles. The van der Waals surface area contributed by atoms with E-state index in [0.29, 0.717) is 17.8 Å². The number of carbonyl (C=O) groups excluding carboxylic acids is 2. The lowest BCUT2D eigenvalue weighted by molar-refractivity contribution is -0.115. The summed E-state index contributed by atoms with van der Waals surface area (Å²) in [6.45, 7) is 1.22. The van der Waals surface area contributed by atoms with Gasteiger partial charge in [-0.2, -0.15) is 0 Å². The molecule has 1 aliphatic rings. The van der Waals surface area contributed by atoms with Gasteiger partial charge in [0.05, 0.1) is 29.3 Å². The summed E-state index contributed by atoms with van der Waals surface area (Å²) in [5, 5.41) is 6.77. The Hall–Kier alpha value is -3.25. The Balaban J connectivity index is 1.45. The number of anilines is 1. The second kappa shape index (κ2) is 8.84. The van der Waals surface area contributed by atoms with Crippen LogP contribution in [0.15, 0.2) is 60.8 Å². The van der Waals surface area contributed by atoms with Crippen LogP contribution in [-0.2, 0) is 16.0 Å². The third-order valence-electron chi connectivity index (χ3n) is 5.03. The van der Waals surface area contributed by atoms with Crippen molar-refractivity contribution in [2.45, 2.75) is 25.4 Å². The monoisotopic (exact) mass is 389 g/mol. The minimum absolute atomic E-state index is 0.0690. The van der Waals surface area contributed by atoms with E-state index >= 15 is 0 Å². The summed E-state index contributed by atoms with van der Waals surface area (Å²) in [6.07, 6.45) is 3.95. The molecule has 4 rings (SSSR count). The molecule has 0 spiro atoms. The van der Waals surface area contributed by atoms with Crippen molar-refractivity contribution in [1.29, 1.82) is 0 Å². The van der Waals surface area contributed by atoms with Gasteiger partial charge < -0.3 is 15.4 Å². The standard InChI is InChI=1S/C23H23N3O3/c27-21(14-17-7-3-6-16-8-4-12-24-22(16)17)26-20-11-2-1-10-19(20)23(28)25-15-18-9-5-13-29-18/h1-4,6-8,10-12,18H,5,9,13-15H2,(H,25,28)(H,26,27). The van der Waals surface area contributed by atoms with E-state index in [4.69, 9.17) is 4.74 Å². The number of para-hydroxylation sites is 2. The smallest absolute Gasteiger partial charge is 0.253 e. The molecule has 2 heterocycles. The number of hydrogen-bond donors (Lipinski definition) is 2. The van der Waals surface area contributed by atoms with Crippen LogP contribution < -0.4 is 10.6 Å². The van der Waals surface area contributed by atoms with Crippen molar-refractivity contribution >= 4 is 28.4 Å². The number of hydrogen-bond acceptors (Lipinski definition) is 4. The maximum absolute atomic E-state index is 12.7. The van der Waals surface area contributed by atoms with Crippen molar-refractivity contribution in [3.05, 3.63) is 71.9 Å². The van der Waals surface area contributed by atoms with Gasteiger partial charge in [-0.25, -0.2) is 0 Å². The summed E-state index contributed by atoms with van der Waals surface area (Å²) < 4.78 is 5.55. The fourth-order valence-corrected chi connectivity index (χ4v) is 3.57. The third-order valence-corrected chi connectivity index (χ3v) is 5.03. The highest BCUT2D eigenvalue weighted by atomic mass is 16.5. The van der Waals surface area contributed by atoms with Crippen LogP contribution in [-0.4, -0.2) is 36.1 Å². The SMILES string of the molecule is O=C(Cc1cccc2cccnc12)Nc1ccccc1C(=O)NCC1CCCO1. The number of ether oxygens (including phenoxy) is 1. The zero-order valence-electron chi connectivity index (χ0n) is 16.1. The topological polar surface area (TPSA) is 80.3 Å². The first-order valence-corrected chi connectivity index (χ1v) is 9.82. The van der Waals surface area contributed by atoms with Crippen molar-refractivity contribution in [1.82, 2.24) is 10.3 Å². The number of amides is 2. The van der Waals surface area contributed by atoms with Gasteiger partial charge in [0.15, 0.2) is 0 Å². The molecule has 0 aliphatic carbocycles. The summed E-state index contributed by atoms with van der Waals surface area (Å²) in [7, 11) is 0. The highest BCUT2D eigenvalue weighted by Crippen LogP contribution is 2.19. The maximum atomic E-state index is 12.7. The molecule has 148 valence electrons. The number of nitrogens with zero attached hydrogens (tertiary/aromatic N) is 1. The summed E-state index contributed by atoms with van der Waals surface area (Å²) in [6, 6.07) is 16.7. The van der Waals surface area contributed by atoms with E-state index in [2.05, 4.69) is 15.6 Å². The van der Waals surface area contributed by atoms with Crippen molar-refractivity contribution in [2.75, 3.05) is 18.5 Å². The minimum Gasteiger partial charge on any atom is -0.376 e. The highest BCUT2D eigenvalue weighted by Gasteiger charge is 2.18. The zero-order valence-corrected chi connectivity index (χ0v) is 16.1. The first-order valence-electron chi connectivity index (χ1n) is 9.82. The molecular weight excluding hydrogens is 366 g/mol. The van der Waals surface area contributed by atoms with Crippen molar-refractivity contribution < 1.29 is 14.3 Å². The Bertz CT molecular complexity index is 1020. The number of fused-ring (bicyclic) bond motifs is 1. The van der Waals surface area contributed by atoms with Gasteiger partial charge in [-0.15, -0.1) is 0 Å². The Morgan fingerprint density at radius 3 is 2.79 bits per heavy atom. The second-order valence-corrected chi connectivity index (χ2v) is 7.11. The summed E-state index contributed by atoms with van der Waals surface area (Å²) in [5.41, 5.74) is 2.60. The van der Waals surface area contributed by atoms with Gasteiger partial charge >= 0.3 is 0 Å². The van der Waals surface area contributed by atoms with Crippen LogP contribution in [0.3, 0.4) is 0 Å². The van der Waals surface area contributed by atoms with Crippen LogP contribution in [0.2, 0.25) is 0 Å².